The largest absolute Gasteiger partial charge is 0.496 e. The molecule has 0 amide bonds. The molecule has 0 bridgehead atoms. The molecule has 1 aromatic carbocycles. The van der Waals surface area contributed by atoms with Gasteiger partial charge in [-0.1, -0.05) is 43.8 Å². The predicted molar refractivity (Wildman–Crippen MR) is 72.0 cm³/mol. The fourth-order valence-electron chi connectivity index (χ4n) is 1.61. The predicted octanol–water partition coefficient (Wildman–Crippen LogP) is 2.86. The van der Waals surface area contributed by atoms with Gasteiger partial charge in [0.15, 0.2) is 0 Å². The molecule has 0 fully saturated rings. The molecule has 16 heavy (non-hydrogen) atoms. The first-order valence-corrected chi connectivity index (χ1v) is 5.71. The van der Waals surface area contributed by atoms with Crippen LogP contribution in [0.2, 0.25) is 0 Å². The molecular weight excluding hydrogens is 218 g/mol. The number of rotatable bonds is 4. The van der Waals surface area contributed by atoms with Crippen molar-refractivity contribution >= 4 is 17.2 Å². The lowest BCUT2D eigenvalue weighted by molar-refractivity contribution is 0.402. The Hall–Kier alpha value is -1.09. The number of aryl methyl sites for hydroxylation is 1. The molecule has 0 atom stereocenters. The van der Waals surface area contributed by atoms with Crippen LogP contribution in [0, 0.1) is 12.3 Å². The van der Waals surface area contributed by atoms with Crippen LogP contribution in [0.5, 0.6) is 5.75 Å². The molecule has 1 rings (SSSR count). The number of thiocarbonyl (C=S) groups is 1. The third kappa shape index (κ3) is 2.95. The molecule has 0 unspecified atom stereocenters. The van der Waals surface area contributed by atoms with Gasteiger partial charge in [0, 0.05) is 5.41 Å². The second-order valence-corrected chi connectivity index (χ2v) is 5.18. The lowest BCUT2D eigenvalue weighted by Gasteiger charge is -2.24. The lowest BCUT2D eigenvalue weighted by Crippen LogP contribution is -2.31. The topological polar surface area (TPSA) is 35.2 Å². The van der Waals surface area contributed by atoms with E-state index in [-0.39, 0.29) is 5.41 Å². The third-order valence-corrected chi connectivity index (χ3v) is 3.29. The van der Waals surface area contributed by atoms with Gasteiger partial charge >= 0.3 is 0 Å². The van der Waals surface area contributed by atoms with Crippen molar-refractivity contribution in [3.05, 3.63) is 29.3 Å². The van der Waals surface area contributed by atoms with E-state index in [9.17, 15) is 0 Å². The summed E-state index contributed by atoms with van der Waals surface area (Å²) in [5, 5.41) is 0. The van der Waals surface area contributed by atoms with E-state index in [2.05, 4.69) is 26.8 Å². The van der Waals surface area contributed by atoms with Crippen LogP contribution in [0.3, 0.4) is 0 Å². The third-order valence-electron chi connectivity index (χ3n) is 2.74. The van der Waals surface area contributed by atoms with Gasteiger partial charge in [0.2, 0.25) is 0 Å². The normalized spacial score (nSPS) is 11.2. The summed E-state index contributed by atoms with van der Waals surface area (Å²) in [5.74, 6) is 0.898. The summed E-state index contributed by atoms with van der Waals surface area (Å²) in [6.45, 7) is 6.17. The van der Waals surface area contributed by atoms with Crippen molar-refractivity contribution in [2.45, 2.75) is 27.2 Å². The first-order chi connectivity index (χ1) is 7.36. The molecule has 0 aliphatic rings. The highest BCUT2D eigenvalue weighted by atomic mass is 32.1. The molecule has 88 valence electrons. The fraction of sp³-hybridized carbons (Fsp3) is 0.462. The summed E-state index contributed by atoms with van der Waals surface area (Å²) >= 11 is 5.08. The molecule has 0 aromatic heterocycles. The average molecular weight is 237 g/mol. The fourth-order valence-corrected chi connectivity index (χ4v) is 1.68. The standard InChI is InChI=1S/C13H19NOS/c1-9-5-6-11(15-4)10(7-9)8-13(2,3)12(14)16/h5-7H,8H2,1-4H3,(H2,14,16). The number of nitrogens with two attached hydrogens (primary N) is 1. The quantitative estimate of drug-likeness (QED) is 0.818. The number of methoxy groups -OCH3 is 1. The first kappa shape index (κ1) is 13.0. The molecule has 0 aliphatic heterocycles. The number of benzene rings is 1. The van der Waals surface area contributed by atoms with Gasteiger partial charge in [-0.05, 0) is 25.0 Å². The van der Waals surface area contributed by atoms with Crippen LogP contribution in [-0.2, 0) is 6.42 Å². The molecule has 0 spiro atoms. The summed E-state index contributed by atoms with van der Waals surface area (Å²) in [6.07, 6.45) is 0.799. The Morgan fingerprint density at radius 1 is 1.44 bits per heavy atom. The van der Waals surface area contributed by atoms with E-state index in [4.69, 9.17) is 22.7 Å². The zero-order valence-corrected chi connectivity index (χ0v) is 11.1. The second-order valence-electron chi connectivity index (χ2n) is 4.74. The monoisotopic (exact) mass is 237 g/mol. The summed E-state index contributed by atoms with van der Waals surface area (Å²) in [5.41, 5.74) is 7.92. The van der Waals surface area contributed by atoms with Gasteiger partial charge in [-0.25, -0.2) is 0 Å². The lowest BCUT2D eigenvalue weighted by atomic mass is 9.85. The van der Waals surface area contributed by atoms with Crippen molar-refractivity contribution in [3.63, 3.8) is 0 Å². The van der Waals surface area contributed by atoms with Crippen LogP contribution in [0.15, 0.2) is 18.2 Å². The number of hydrogen-bond donors (Lipinski definition) is 1. The molecule has 2 N–H and O–H groups in total. The van der Waals surface area contributed by atoms with Crippen LogP contribution in [0.4, 0.5) is 0 Å². The molecule has 3 heteroatoms. The van der Waals surface area contributed by atoms with Crippen molar-refractivity contribution in [1.29, 1.82) is 0 Å². The van der Waals surface area contributed by atoms with Crippen LogP contribution in [0.25, 0.3) is 0 Å². The minimum Gasteiger partial charge on any atom is -0.496 e. The van der Waals surface area contributed by atoms with Gasteiger partial charge in [-0.3, -0.25) is 0 Å². The molecule has 0 radical (unpaired) electrons. The average Bonchev–Trinajstić information content (AvgIpc) is 2.17. The smallest absolute Gasteiger partial charge is 0.122 e. The SMILES string of the molecule is COc1ccc(C)cc1CC(C)(C)C(N)=S. The van der Waals surface area contributed by atoms with Gasteiger partial charge in [0.25, 0.3) is 0 Å². The highest BCUT2D eigenvalue weighted by Crippen LogP contribution is 2.28. The van der Waals surface area contributed by atoms with Gasteiger partial charge < -0.3 is 10.5 Å². The van der Waals surface area contributed by atoms with Crippen molar-refractivity contribution in [3.8, 4) is 5.75 Å². The molecular formula is C13H19NOS. The summed E-state index contributed by atoms with van der Waals surface area (Å²) < 4.78 is 5.34. The van der Waals surface area contributed by atoms with Gasteiger partial charge in [0.1, 0.15) is 5.75 Å². The Morgan fingerprint density at radius 3 is 2.56 bits per heavy atom. The maximum absolute atomic E-state index is 5.74. The zero-order chi connectivity index (χ0) is 12.3. The number of ether oxygens (including phenoxy) is 1. The Bertz CT molecular complexity index is 399. The molecule has 0 heterocycles. The Morgan fingerprint density at radius 2 is 2.06 bits per heavy atom. The maximum Gasteiger partial charge on any atom is 0.122 e. The van der Waals surface area contributed by atoms with Gasteiger partial charge in [-0.15, -0.1) is 0 Å². The summed E-state index contributed by atoms with van der Waals surface area (Å²) in [6, 6.07) is 6.15. The first-order valence-electron chi connectivity index (χ1n) is 5.30. The van der Waals surface area contributed by atoms with E-state index in [0.717, 1.165) is 17.7 Å². The second kappa shape index (κ2) is 4.83. The molecule has 0 saturated carbocycles. The summed E-state index contributed by atoms with van der Waals surface area (Å²) in [7, 11) is 1.68. The Kier molecular flexibility index (Phi) is 3.92. The van der Waals surface area contributed by atoms with Gasteiger partial charge in [-0.2, -0.15) is 0 Å². The van der Waals surface area contributed by atoms with E-state index in [1.807, 2.05) is 12.1 Å². The molecule has 1 aromatic rings. The minimum absolute atomic E-state index is 0.184. The van der Waals surface area contributed by atoms with E-state index in [0.29, 0.717) is 4.99 Å². The highest BCUT2D eigenvalue weighted by molar-refractivity contribution is 7.80. The van der Waals surface area contributed by atoms with E-state index >= 15 is 0 Å². The Labute approximate surface area is 103 Å². The van der Waals surface area contributed by atoms with Crippen molar-refractivity contribution < 1.29 is 4.74 Å². The van der Waals surface area contributed by atoms with Crippen LogP contribution in [0.1, 0.15) is 25.0 Å². The molecule has 2 nitrogen and oxygen atoms in total. The van der Waals surface area contributed by atoms with E-state index in [1.165, 1.54) is 5.56 Å². The molecule has 0 saturated heterocycles. The zero-order valence-electron chi connectivity index (χ0n) is 10.3. The number of hydrogen-bond acceptors (Lipinski definition) is 2. The van der Waals surface area contributed by atoms with Gasteiger partial charge in [0.05, 0.1) is 12.1 Å². The van der Waals surface area contributed by atoms with Crippen molar-refractivity contribution in [2.75, 3.05) is 7.11 Å². The molecule has 0 aliphatic carbocycles. The van der Waals surface area contributed by atoms with E-state index < -0.39 is 0 Å². The van der Waals surface area contributed by atoms with Crippen LogP contribution in [-0.4, -0.2) is 12.1 Å². The minimum atomic E-state index is -0.184. The van der Waals surface area contributed by atoms with Crippen molar-refractivity contribution in [1.82, 2.24) is 0 Å². The van der Waals surface area contributed by atoms with E-state index in [1.54, 1.807) is 7.11 Å². The highest BCUT2D eigenvalue weighted by Gasteiger charge is 2.23. The summed E-state index contributed by atoms with van der Waals surface area (Å²) in [4.78, 5) is 0.538. The maximum atomic E-state index is 5.74. The van der Waals surface area contributed by atoms with Crippen molar-refractivity contribution in [2.24, 2.45) is 11.1 Å². The van der Waals surface area contributed by atoms with Crippen LogP contribution >= 0.6 is 12.2 Å². The van der Waals surface area contributed by atoms with Crippen LogP contribution < -0.4 is 10.5 Å². The Balaban J connectivity index is 3.04.